The van der Waals surface area contributed by atoms with Gasteiger partial charge >= 0.3 is 6.18 Å². The summed E-state index contributed by atoms with van der Waals surface area (Å²) in [4.78, 5) is 13.4. The van der Waals surface area contributed by atoms with Gasteiger partial charge in [0.2, 0.25) is 5.91 Å². The fourth-order valence-corrected chi connectivity index (χ4v) is 4.57. The minimum atomic E-state index is -4.47. The lowest BCUT2D eigenvalue weighted by atomic mass is 9.77. The van der Waals surface area contributed by atoms with Crippen LogP contribution in [-0.4, -0.2) is 64.9 Å². The van der Waals surface area contributed by atoms with Crippen LogP contribution < -0.4 is 0 Å². The van der Waals surface area contributed by atoms with E-state index in [1.807, 2.05) is 10.9 Å². The second-order valence-electron chi connectivity index (χ2n) is 8.59. The Morgan fingerprint density at radius 1 is 1.24 bits per heavy atom. The van der Waals surface area contributed by atoms with E-state index in [-0.39, 0.29) is 24.0 Å². The molecule has 4 atom stereocenters. The molecular weight excluding hydrogens is 389 g/mol. The number of amides is 1. The number of halogens is 3. The van der Waals surface area contributed by atoms with E-state index in [1.54, 1.807) is 7.11 Å². The molecule has 162 valence electrons. The Morgan fingerprint density at radius 3 is 2.62 bits per heavy atom. The van der Waals surface area contributed by atoms with Crippen molar-refractivity contribution in [2.24, 2.45) is 17.8 Å². The van der Waals surface area contributed by atoms with Crippen LogP contribution in [0.4, 0.5) is 13.2 Å². The minimum Gasteiger partial charge on any atom is -0.378 e. The Bertz CT molecular complexity index is 722. The number of fused-ring (bicyclic) bond motifs is 1. The lowest BCUT2D eigenvalue weighted by molar-refractivity contribution is -0.160. The van der Waals surface area contributed by atoms with Gasteiger partial charge in [-0.25, -0.2) is 4.68 Å². The van der Waals surface area contributed by atoms with Gasteiger partial charge in [-0.15, -0.1) is 5.10 Å². The number of nitrogens with zero attached hydrogens (tertiary/aromatic N) is 4. The quantitative estimate of drug-likeness (QED) is 0.683. The van der Waals surface area contributed by atoms with Crippen LogP contribution in [0, 0.1) is 17.8 Å². The second-order valence-corrected chi connectivity index (χ2v) is 8.59. The Balaban J connectivity index is 1.45. The first kappa shape index (κ1) is 20.6. The lowest BCUT2D eigenvalue weighted by Gasteiger charge is -2.37. The van der Waals surface area contributed by atoms with Gasteiger partial charge in [0.25, 0.3) is 0 Å². The first-order chi connectivity index (χ1) is 13.8. The number of hydrogen-bond donors (Lipinski definition) is 0. The first-order valence-electron chi connectivity index (χ1n) is 10.2. The maximum atomic E-state index is 12.6. The van der Waals surface area contributed by atoms with Gasteiger partial charge in [0.15, 0.2) is 0 Å². The number of carbonyl (C=O) groups excluding carboxylic acids is 1. The molecule has 2 heterocycles. The van der Waals surface area contributed by atoms with E-state index in [0.717, 1.165) is 12.1 Å². The number of hydrogen-bond acceptors (Lipinski definition) is 5. The van der Waals surface area contributed by atoms with Crippen molar-refractivity contribution < 1.29 is 27.4 Å². The van der Waals surface area contributed by atoms with Crippen LogP contribution >= 0.6 is 0 Å². The van der Waals surface area contributed by atoms with Crippen LogP contribution in [0.25, 0.3) is 0 Å². The van der Waals surface area contributed by atoms with Gasteiger partial charge in [0.1, 0.15) is 12.1 Å². The molecule has 1 aliphatic heterocycles. The predicted molar refractivity (Wildman–Crippen MR) is 95.7 cm³/mol. The molecule has 29 heavy (non-hydrogen) atoms. The highest BCUT2D eigenvalue weighted by Gasteiger charge is 2.46. The lowest BCUT2D eigenvalue weighted by Crippen LogP contribution is -2.38. The highest BCUT2D eigenvalue weighted by Crippen LogP contribution is 2.43. The highest BCUT2D eigenvalue weighted by atomic mass is 19.4. The van der Waals surface area contributed by atoms with E-state index in [2.05, 4.69) is 10.3 Å². The maximum Gasteiger partial charge on any atom is 0.397 e. The monoisotopic (exact) mass is 416 g/mol. The van der Waals surface area contributed by atoms with Crippen LogP contribution in [0.1, 0.15) is 43.8 Å². The summed E-state index contributed by atoms with van der Waals surface area (Å²) in [7, 11) is 1.59. The average Bonchev–Trinajstić information content (AvgIpc) is 3.19. The fourth-order valence-electron chi connectivity index (χ4n) is 4.57. The van der Waals surface area contributed by atoms with Crippen LogP contribution in [0.5, 0.6) is 0 Å². The molecule has 0 aromatic carbocycles. The predicted octanol–water partition coefficient (Wildman–Crippen LogP) is 2.58. The van der Waals surface area contributed by atoms with Gasteiger partial charge in [0, 0.05) is 26.8 Å². The molecule has 3 aliphatic rings. The smallest absolute Gasteiger partial charge is 0.378 e. The molecule has 0 bridgehead atoms. The summed E-state index contributed by atoms with van der Waals surface area (Å²) in [6.07, 6.45) is -0.282. The molecule has 0 radical (unpaired) electrons. The molecular formula is C19H27F3N4O3. The third kappa shape index (κ3) is 5.09. The number of rotatable bonds is 7. The average molecular weight is 416 g/mol. The van der Waals surface area contributed by atoms with Gasteiger partial charge in [0.05, 0.1) is 24.9 Å². The molecule has 0 N–H and O–H groups in total. The first-order valence-corrected chi connectivity index (χ1v) is 10.2. The summed E-state index contributed by atoms with van der Waals surface area (Å²) in [6.45, 7) is 1.81. The third-order valence-corrected chi connectivity index (χ3v) is 6.22. The van der Waals surface area contributed by atoms with Crippen molar-refractivity contribution in [3.05, 3.63) is 11.9 Å². The van der Waals surface area contributed by atoms with E-state index in [1.165, 1.54) is 17.7 Å². The fraction of sp³-hybridized carbons (Fsp3) is 0.842. The molecule has 7 nitrogen and oxygen atoms in total. The molecule has 2 aliphatic carbocycles. The van der Waals surface area contributed by atoms with Crippen molar-refractivity contribution in [2.45, 2.75) is 57.0 Å². The molecule has 0 unspecified atom stereocenters. The van der Waals surface area contributed by atoms with Crippen LogP contribution in [0.2, 0.25) is 0 Å². The SMILES string of the molecule is COCc1cn([C@@H]2C[C@@H]3CN(C(=O)CC(F)(F)F)C[C@@H]3C[C@H]2OCC2CC2)nn1. The summed E-state index contributed by atoms with van der Waals surface area (Å²) < 4.78 is 51.0. The van der Waals surface area contributed by atoms with E-state index in [9.17, 15) is 18.0 Å². The van der Waals surface area contributed by atoms with E-state index in [0.29, 0.717) is 38.6 Å². The van der Waals surface area contributed by atoms with Crippen LogP contribution in [0.3, 0.4) is 0 Å². The molecule has 1 aromatic heterocycles. The highest BCUT2D eigenvalue weighted by molar-refractivity contribution is 5.77. The number of ether oxygens (including phenoxy) is 2. The Kier molecular flexibility index (Phi) is 5.83. The van der Waals surface area contributed by atoms with Gasteiger partial charge in [-0.05, 0) is 43.4 Å². The number of likely N-dealkylation sites (tertiary alicyclic amines) is 1. The maximum absolute atomic E-state index is 12.6. The summed E-state index contributed by atoms with van der Waals surface area (Å²) in [5.41, 5.74) is 0.726. The number of carbonyl (C=O) groups is 1. The van der Waals surface area contributed by atoms with Crippen molar-refractivity contribution in [3.63, 3.8) is 0 Å². The number of aromatic nitrogens is 3. The van der Waals surface area contributed by atoms with Gasteiger partial charge in [-0.2, -0.15) is 13.2 Å². The van der Waals surface area contributed by atoms with Crippen LogP contribution in [-0.2, 0) is 20.9 Å². The van der Waals surface area contributed by atoms with Crippen molar-refractivity contribution in [3.8, 4) is 0 Å². The zero-order valence-electron chi connectivity index (χ0n) is 16.5. The minimum absolute atomic E-state index is 0.0363. The van der Waals surface area contributed by atoms with Gasteiger partial charge in [-0.1, -0.05) is 5.21 Å². The summed E-state index contributed by atoms with van der Waals surface area (Å²) in [6, 6.07) is -0.0363. The Morgan fingerprint density at radius 2 is 1.97 bits per heavy atom. The molecule has 10 heteroatoms. The molecule has 0 spiro atoms. The Labute approximate surface area is 167 Å². The summed E-state index contributed by atoms with van der Waals surface area (Å²) in [5, 5.41) is 8.38. The van der Waals surface area contributed by atoms with E-state index >= 15 is 0 Å². The molecule has 3 fully saturated rings. The standard InChI is InChI=1S/C19H27F3N4O3/c1-28-11-15-9-26(24-23-15)16-4-13-7-25(18(27)6-19(20,21)22)8-14(13)5-17(16)29-10-12-2-3-12/h9,12-14,16-17H,2-8,10-11H2,1H3/t13-,14+,16-,17-/m1/s1. The second kappa shape index (κ2) is 8.22. The molecule has 4 rings (SSSR count). The summed E-state index contributed by atoms with van der Waals surface area (Å²) >= 11 is 0. The van der Waals surface area contributed by atoms with Crippen molar-refractivity contribution in [1.29, 1.82) is 0 Å². The zero-order valence-corrected chi connectivity index (χ0v) is 16.5. The number of alkyl halides is 3. The Hall–Kier alpha value is -1.68. The summed E-state index contributed by atoms with van der Waals surface area (Å²) in [5.74, 6) is 0.0892. The van der Waals surface area contributed by atoms with E-state index in [4.69, 9.17) is 9.47 Å². The van der Waals surface area contributed by atoms with E-state index < -0.39 is 18.5 Å². The van der Waals surface area contributed by atoms with Gasteiger partial charge in [-0.3, -0.25) is 4.79 Å². The van der Waals surface area contributed by atoms with Crippen molar-refractivity contribution in [2.75, 3.05) is 26.8 Å². The molecule has 2 saturated carbocycles. The topological polar surface area (TPSA) is 69.5 Å². The third-order valence-electron chi connectivity index (χ3n) is 6.22. The normalized spacial score (nSPS) is 29.9. The largest absolute Gasteiger partial charge is 0.397 e. The molecule has 1 saturated heterocycles. The molecule has 1 aromatic rings. The molecule has 1 amide bonds. The zero-order chi connectivity index (χ0) is 20.6. The van der Waals surface area contributed by atoms with Crippen molar-refractivity contribution >= 4 is 5.91 Å². The number of methoxy groups -OCH3 is 1. The van der Waals surface area contributed by atoms with Crippen LogP contribution in [0.15, 0.2) is 6.20 Å². The van der Waals surface area contributed by atoms with Crippen molar-refractivity contribution in [1.82, 2.24) is 19.9 Å². The van der Waals surface area contributed by atoms with Gasteiger partial charge < -0.3 is 14.4 Å².